The number of piperidine rings is 1. The molecule has 0 spiro atoms. The number of likely N-dealkylation sites (tertiary alicyclic amines) is 1. The van der Waals surface area contributed by atoms with Crippen LogP contribution < -0.4 is 10.1 Å². The van der Waals surface area contributed by atoms with Gasteiger partial charge in [0.15, 0.2) is 0 Å². The number of para-hydroxylation sites is 1. The summed E-state index contributed by atoms with van der Waals surface area (Å²) >= 11 is 0. The summed E-state index contributed by atoms with van der Waals surface area (Å²) in [6.45, 7) is 3.65. The van der Waals surface area contributed by atoms with E-state index in [1.54, 1.807) is 6.07 Å². The molecule has 2 aromatic rings. The molecule has 4 rings (SSSR count). The number of H-pyrrole nitrogens is 1. The van der Waals surface area contributed by atoms with Crippen molar-refractivity contribution in [2.75, 3.05) is 19.7 Å². The topological polar surface area (TPSA) is 87.3 Å². The van der Waals surface area contributed by atoms with Gasteiger partial charge in [-0.15, -0.1) is 0 Å². The number of rotatable bonds is 6. The highest BCUT2D eigenvalue weighted by Gasteiger charge is 2.29. The van der Waals surface area contributed by atoms with Gasteiger partial charge in [0.1, 0.15) is 11.4 Å². The fourth-order valence-electron chi connectivity index (χ4n) is 3.64. The van der Waals surface area contributed by atoms with E-state index in [9.17, 15) is 9.59 Å². The van der Waals surface area contributed by atoms with Crippen LogP contribution in [0.1, 0.15) is 65.1 Å². The van der Waals surface area contributed by atoms with Crippen LogP contribution in [-0.4, -0.2) is 52.6 Å². The Morgan fingerprint density at radius 3 is 2.68 bits per heavy atom. The van der Waals surface area contributed by atoms with Crippen molar-refractivity contribution in [1.82, 2.24) is 20.4 Å². The maximum Gasteiger partial charge on any atom is 0.271 e. The van der Waals surface area contributed by atoms with Crippen molar-refractivity contribution in [1.29, 1.82) is 0 Å². The van der Waals surface area contributed by atoms with E-state index in [2.05, 4.69) is 15.5 Å². The average Bonchev–Trinajstić information content (AvgIpc) is 3.45. The van der Waals surface area contributed by atoms with Gasteiger partial charge in [-0.3, -0.25) is 14.7 Å². The van der Waals surface area contributed by atoms with Crippen LogP contribution in [0.15, 0.2) is 30.3 Å². The number of nitrogens with zero attached hydrogens (tertiary/aromatic N) is 2. The number of nitrogens with one attached hydrogen (secondary N) is 2. The van der Waals surface area contributed by atoms with Crippen LogP contribution in [0.4, 0.5) is 0 Å². The van der Waals surface area contributed by atoms with Crippen molar-refractivity contribution >= 4 is 11.8 Å². The lowest BCUT2D eigenvalue weighted by molar-refractivity contribution is 0.0694. The monoisotopic (exact) mass is 382 g/mol. The van der Waals surface area contributed by atoms with Gasteiger partial charge < -0.3 is 15.0 Å². The smallest absolute Gasteiger partial charge is 0.271 e. The number of hydrogen-bond donors (Lipinski definition) is 2. The minimum Gasteiger partial charge on any atom is -0.493 e. The normalized spacial score (nSPS) is 17.4. The highest BCUT2D eigenvalue weighted by molar-refractivity contribution is 5.97. The molecule has 2 aliphatic rings. The van der Waals surface area contributed by atoms with Crippen LogP contribution in [0.25, 0.3) is 0 Å². The van der Waals surface area contributed by atoms with E-state index >= 15 is 0 Å². The lowest BCUT2D eigenvalue weighted by Crippen LogP contribution is -2.46. The second kappa shape index (κ2) is 8.04. The fourth-order valence-corrected chi connectivity index (χ4v) is 3.64. The number of benzene rings is 1. The van der Waals surface area contributed by atoms with E-state index in [-0.39, 0.29) is 17.9 Å². The summed E-state index contributed by atoms with van der Waals surface area (Å²) in [6.07, 6.45) is 3.80. The molecule has 1 aliphatic heterocycles. The summed E-state index contributed by atoms with van der Waals surface area (Å²) in [5, 5.41) is 10.2. The van der Waals surface area contributed by atoms with Crippen LogP contribution in [0, 0.1) is 0 Å². The van der Waals surface area contributed by atoms with Gasteiger partial charge in [-0.2, -0.15) is 5.10 Å². The van der Waals surface area contributed by atoms with Gasteiger partial charge in [0.05, 0.1) is 12.2 Å². The molecular formula is C21H26N4O3. The first kappa shape index (κ1) is 18.5. The first-order chi connectivity index (χ1) is 13.7. The lowest BCUT2D eigenvalue weighted by atomic mass is 10.0. The zero-order valence-corrected chi connectivity index (χ0v) is 16.1. The molecule has 1 aromatic heterocycles. The number of aromatic amines is 1. The standard InChI is InChI=1S/C21H26N4O3/c1-2-28-19-6-4-3-5-16(19)21(27)25-11-9-15(10-12-25)22-20(26)18-13-17(23-24-18)14-7-8-14/h3-6,13-15H,2,7-12H2,1H3,(H,22,26)(H,23,24). The molecule has 7 nitrogen and oxygen atoms in total. The molecule has 2 amide bonds. The Morgan fingerprint density at radius 2 is 1.96 bits per heavy atom. The molecule has 28 heavy (non-hydrogen) atoms. The molecule has 0 bridgehead atoms. The molecule has 148 valence electrons. The third-order valence-electron chi connectivity index (χ3n) is 5.38. The third kappa shape index (κ3) is 4.03. The highest BCUT2D eigenvalue weighted by Crippen LogP contribution is 2.39. The van der Waals surface area contributed by atoms with E-state index < -0.39 is 0 Å². The molecule has 7 heteroatoms. The number of hydrogen-bond acceptors (Lipinski definition) is 4. The van der Waals surface area contributed by atoms with E-state index in [0.717, 1.165) is 18.5 Å². The first-order valence-electron chi connectivity index (χ1n) is 10.0. The van der Waals surface area contributed by atoms with Crippen molar-refractivity contribution in [3.8, 4) is 5.75 Å². The van der Waals surface area contributed by atoms with Gasteiger partial charge in [-0.05, 0) is 50.8 Å². The molecular weight excluding hydrogens is 356 g/mol. The van der Waals surface area contributed by atoms with Gasteiger partial charge in [0, 0.05) is 30.7 Å². The Kier molecular flexibility index (Phi) is 5.32. The largest absolute Gasteiger partial charge is 0.493 e. The summed E-state index contributed by atoms with van der Waals surface area (Å²) in [4.78, 5) is 27.1. The Balaban J connectivity index is 1.31. The summed E-state index contributed by atoms with van der Waals surface area (Å²) in [5.74, 6) is 1.00. The zero-order valence-electron chi connectivity index (χ0n) is 16.1. The predicted octanol–water partition coefficient (Wildman–Crippen LogP) is 2.72. The summed E-state index contributed by atoms with van der Waals surface area (Å²) in [5.41, 5.74) is 2.10. The number of carbonyl (C=O) groups excluding carboxylic acids is 2. The second-order valence-electron chi connectivity index (χ2n) is 7.45. The van der Waals surface area contributed by atoms with E-state index in [1.165, 1.54) is 12.8 Å². The number of ether oxygens (including phenoxy) is 1. The van der Waals surface area contributed by atoms with Crippen molar-refractivity contribution in [3.63, 3.8) is 0 Å². The van der Waals surface area contributed by atoms with Crippen LogP contribution in [0.3, 0.4) is 0 Å². The van der Waals surface area contributed by atoms with Crippen molar-refractivity contribution in [3.05, 3.63) is 47.3 Å². The quantitative estimate of drug-likeness (QED) is 0.804. The maximum absolute atomic E-state index is 12.9. The molecule has 2 heterocycles. The van der Waals surface area contributed by atoms with Crippen molar-refractivity contribution in [2.45, 2.75) is 44.6 Å². The summed E-state index contributed by atoms with van der Waals surface area (Å²) in [6, 6.07) is 9.26. The molecule has 2 N–H and O–H groups in total. The molecule has 0 atom stereocenters. The van der Waals surface area contributed by atoms with E-state index in [1.807, 2.05) is 36.1 Å². The van der Waals surface area contributed by atoms with Crippen LogP contribution >= 0.6 is 0 Å². The minimum absolute atomic E-state index is 0.0183. The fraction of sp³-hybridized carbons (Fsp3) is 0.476. The van der Waals surface area contributed by atoms with Crippen molar-refractivity contribution < 1.29 is 14.3 Å². The van der Waals surface area contributed by atoms with E-state index in [0.29, 0.717) is 42.6 Å². The molecule has 1 aliphatic carbocycles. The van der Waals surface area contributed by atoms with Crippen LogP contribution in [-0.2, 0) is 0 Å². The van der Waals surface area contributed by atoms with Crippen LogP contribution in [0.2, 0.25) is 0 Å². The predicted molar refractivity (Wildman–Crippen MR) is 105 cm³/mol. The van der Waals surface area contributed by atoms with Gasteiger partial charge in [-0.1, -0.05) is 12.1 Å². The lowest BCUT2D eigenvalue weighted by Gasteiger charge is -2.32. The molecule has 2 fully saturated rings. The van der Waals surface area contributed by atoms with Gasteiger partial charge in [0.25, 0.3) is 11.8 Å². The van der Waals surface area contributed by atoms with Crippen LogP contribution in [0.5, 0.6) is 5.75 Å². The Hall–Kier alpha value is -2.83. The molecule has 1 aromatic carbocycles. The zero-order chi connectivity index (χ0) is 19.5. The maximum atomic E-state index is 12.9. The number of amides is 2. The Morgan fingerprint density at radius 1 is 1.21 bits per heavy atom. The van der Waals surface area contributed by atoms with E-state index in [4.69, 9.17) is 4.74 Å². The van der Waals surface area contributed by atoms with Gasteiger partial charge in [-0.25, -0.2) is 0 Å². The van der Waals surface area contributed by atoms with Gasteiger partial charge >= 0.3 is 0 Å². The molecule has 1 saturated heterocycles. The minimum atomic E-state index is -0.144. The third-order valence-corrected chi connectivity index (χ3v) is 5.38. The second-order valence-corrected chi connectivity index (χ2v) is 7.45. The molecule has 0 radical (unpaired) electrons. The summed E-state index contributed by atoms with van der Waals surface area (Å²) in [7, 11) is 0. The highest BCUT2D eigenvalue weighted by atomic mass is 16.5. The molecule has 1 saturated carbocycles. The Bertz CT molecular complexity index is 851. The number of carbonyl (C=O) groups is 2. The first-order valence-corrected chi connectivity index (χ1v) is 10.0. The van der Waals surface area contributed by atoms with Gasteiger partial charge in [0.2, 0.25) is 0 Å². The Labute approximate surface area is 164 Å². The van der Waals surface area contributed by atoms with Crippen molar-refractivity contribution in [2.24, 2.45) is 0 Å². The number of aromatic nitrogens is 2. The summed E-state index contributed by atoms with van der Waals surface area (Å²) < 4.78 is 5.58. The SMILES string of the molecule is CCOc1ccccc1C(=O)N1CCC(NC(=O)c2cc(C3CC3)[nH]n2)CC1. The molecule has 0 unspecified atom stereocenters. The average molecular weight is 382 g/mol.